The highest BCUT2D eigenvalue weighted by Crippen LogP contribution is 2.28. The van der Waals surface area contributed by atoms with Crippen molar-refractivity contribution in [3.05, 3.63) is 35.9 Å². The molecule has 1 heterocycles. The van der Waals surface area contributed by atoms with Crippen molar-refractivity contribution in [3.63, 3.8) is 0 Å². The number of hydrogen-bond donors (Lipinski definition) is 1. The van der Waals surface area contributed by atoms with Crippen LogP contribution in [0.4, 0.5) is 0 Å². The molecule has 2 atom stereocenters. The van der Waals surface area contributed by atoms with E-state index in [0.717, 1.165) is 32.7 Å². The van der Waals surface area contributed by atoms with Gasteiger partial charge < -0.3 is 10.1 Å². The summed E-state index contributed by atoms with van der Waals surface area (Å²) < 4.78 is 5.67. The maximum Gasteiger partial charge on any atom is 0.0645 e. The Labute approximate surface area is 129 Å². The van der Waals surface area contributed by atoms with E-state index in [9.17, 15) is 0 Å². The van der Waals surface area contributed by atoms with Gasteiger partial charge in [-0.25, -0.2) is 0 Å². The Morgan fingerprint density at radius 2 is 2.00 bits per heavy atom. The van der Waals surface area contributed by atoms with Crippen molar-refractivity contribution in [2.75, 3.05) is 26.3 Å². The van der Waals surface area contributed by atoms with Crippen molar-refractivity contribution >= 4 is 0 Å². The quantitative estimate of drug-likeness (QED) is 0.870. The van der Waals surface area contributed by atoms with Gasteiger partial charge in [0, 0.05) is 24.2 Å². The van der Waals surface area contributed by atoms with Crippen LogP contribution in [0, 0.1) is 0 Å². The smallest absolute Gasteiger partial charge is 0.0645 e. The van der Waals surface area contributed by atoms with Crippen LogP contribution in [0.1, 0.15) is 45.7 Å². The summed E-state index contributed by atoms with van der Waals surface area (Å²) in [7, 11) is 0. The summed E-state index contributed by atoms with van der Waals surface area (Å²) >= 11 is 0. The Hall–Kier alpha value is -0.900. The van der Waals surface area contributed by atoms with Gasteiger partial charge in [-0.15, -0.1) is 0 Å². The van der Waals surface area contributed by atoms with E-state index in [0.29, 0.717) is 12.1 Å². The van der Waals surface area contributed by atoms with Crippen molar-refractivity contribution in [1.29, 1.82) is 0 Å². The minimum absolute atomic E-state index is 0.0958. The van der Waals surface area contributed by atoms with E-state index >= 15 is 0 Å². The average molecular weight is 290 g/mol. The van der Waals surface area contributed by atoms with Gasteiger partial charge in [-0.3, -0.25) is 4.90 Å². The van der Waals surface area contributed by atoms with Gasteiger partial charge in [-0.1, -0.05) is 37.3 Å². The normalized spacial score (nSPS) is 21.9. The van der Waals surface area contributed by atoms with Crippen molar-refractivity contribution in [1.82, 2.24) is 10.2 Å². The topological polar surface area (TPSA) is 24.5 Å². The summed E-state index contributed by atoms with van der Waals surface area (Å²) in [4.78, 5) is 2.59. The molecule has 0 saturated carbocycles. The van der Waals surface area contributed by atoms with Crippen LogP contribution in [-0.4, -0.2) is 42.8 Å². The van der Waals surface area contributed by atoms with Crippen LogP contribution >= 0.6 is 0 Å². The maximum absolute atomic E-state index is 5.67. The summed E-state index contributed by atoms with van der Waals surface area (Å²) in [6.07, 6.45) is 1.16. The van der Waals surface area contributed by atoms with E-state index in [1.165, 1.54) is 5.56 Å². The van der Waals surface area contributed by atoms with Gasteiger partial charge in [-0.2, -0.15) is 0 Å². The number of hydrogen-bond acceptors (Lipinski definition) is 3. The minimum atomic E-state index is 0.0958. The highest BCUT2D eigenvalue weighted by Gasteiger charge is 2.36. The van der Waals surface area contributed by atoms with E-state index in [2.05, 4.69) is 68.2 Å². The van der Waals surface area contributed by atoms with E-state index < -0.39 is 0 Å². The fourth-order valence-corrected chi connectivity index (χ4v) is 3.33. The Morgan fingerprint density at radius 1 is 1.29 bits per heavy atom. The predicted octanol–water partition coefficient (Wildman–Crippen LogP) is 3.23. The Bertz CT molecular complexity index is 418. The first-order valence-electron chi connectivity index (χ1n) is 8.19. The van der Waals surface area contributed by atoms with Gasteiger partial charge in [0.05, 0.1) is 13.2 Å². The van der Waals surface area contributed by atoms with Gasteiger partial charge in [0.2, 0.25) is 0 Å². The zero-order valence-corrected chi connectivity index (χ0v) is 13.9. The third-order valence-corrected chi connectivity index (χ3v) is 4.46. The summed E-state index contributed by atoms with van der Waals surface area (Å²) in [5.74, 6) is 0. The highest BCUT2D eigenvalue weighted by molar-refractivity contribution is 5.21. The molecule has 0 bridgehead atoms. The highest BCUT2D eigenvalue weighted by atomic mass is 16.5. The zero-order valence-electron chi connectivity index (χ0n) is 13.9. The first-order chi connectivity index (χ1) is 10.1. The first kappa shape index (κ1) is 16.5. The molecule has 118 valence electrons. The fourth-order valence-electron chi connectivity index (χ4n) is 3.33. The van der Waals surface area contributed by atoms with Gasteiger partial charge in [-0.05, 0) is 39.3 Å². The summed E-state index contributed by atoms with van der Waals surface area (Å²) in [5.41, 5.74) is 1.47. The molecule has 1 N–H and O–H groups in total. The van der Waals surface area contributed by atoms with E-state index in [1.54, 1.807) is 0 Å². The van der Waals surface area contributed by atoms with Crippen LogP contribution in [-0.2, 0) is 4.74 Å². The fraction of sp³-hybridized carbons (Fsp3) is 0.667. The molecule has 3 nitrogen and oxygen atoms in total. The first-order valence-corrected chi connectivity index (χ1v) is 8.19. The molecule has 0 aromatic heterocycles. The summed E-state index contributed by atoms with van der Waals surface area (Å²) in [6.45, 7) is 12.8. The lowest BCUT2D eigenvalue weighted by atomic mass is 9.93. The second kappa shape index (κ2) is 7.39. The van der Waals surface area contributed by atoms with Gasteiger partial charge in [0.15, 0.2) is 0 Å². The molecule has 3 heteroatoms. The molecular weight excluding hydrogens is 260 g/mol. The lowest BCUT2D eigenvalue weighted by molar-refractivity contribution is -0.0751. The monoisotopic (exact) mass is 290 g/mol. The molecule has 2 unspecified atom stereocenters. The van der Waals surface area contributed by atoms with Crippen molar-refractivity contribution in [3.8, 4) is 0 Å². The van der Waals surface area contributed by atoms with Crippen molar-refractivity contribution in [2.24, 2.45) is 0 Å². The standard InChI is InChI=1S/C18H30N2O/c1-5-11-19-17(16-9-7-6-8-10-16)15(2)20-12-13-21-14-18(20,3)4/h6-10,15,17,19H,5,11-14H2,1-4H3. The van der Waals surface area contributed by atoms with Crippen LogP contribution in [0.15, 0.2) is 30.3 Å². The van der Waals surface area contributed by atoms with Crippen LogP contribution in [0.5, 0.6) is 0 Å². The SMILES string of the molecule is CCCNC(c1ccccc1)C(C)N1CCOCC1(C)C. The molecule has 1 fully saturated rings. The predicted molar refractivity (Wildman–Crippen MR) is 88.5 cm³/mol. The van der Waals surface area contributed by atoms with Crippen LogP contribution in [0.25, 0.3) is 0 Å². The number of ether oxygens (including phenoxy) is 1. The Balaban J connectivity index is 2.19. The van der Waals surface area contributed by atoms with Gasteiger partial charge >= 0.3 is 0 Å². The zero-order chi connectivity index (χ0) is 15.3. The Kier molecular flexibility index (Phi) is 5.80. The molecule has 2 rings (SSSR count). The molecule has 1 aromatic rings. The number of morpholine rings is 1. The van der Waals surface area contributed by atoms with Crippen molar-refractivity contribution in [2.45, 2.75) is 51.7 Å². The maximum atomic E-state index is 5.67. The molecule has 0 radical (unpaired) electrons. The van der Waals surface area contributed by atoms with Gasteiger partial charge in [0.25, 0.3) is 0 Å². The second-order valence-corrected chi connectivity index (χ2v) is 6.64. The van der Waals surface area contributed by atoms with Crippen LogP contribution in [0.3, 0.4) is 0 Å². The number of nitrogens with one attached hydrogen (secondary N) is 1. The van der Waals surface area contributed by atoms with Crippen LogP contribution in [0.2, 0.25) is 0 Å². The van der Waals surface area contributed by atoms with Crippen LogP contribution < -0.4 is 5.32 Å². The lowest BCUT2D eigenvalue weighted by Gasteiger charge is -2.48. The molecule has 1 saturated heterocycles. The largest absolute Gasteiger partial charge is 0.378 e. The average Bonchev–Trinajstić information content (AvgIpc) is 2.48. The van der Waals surface area contributed by atoms with E-state index in [4.69, 9.17) is 4.74 Å². The Morgan fingerprint density at radius 3 is 2.62 bits per heavy atom. The molecule has 1 aromatic carbocycles. The lowest BCUT2D eigenvalue weighted by Crippen LogP contribution is -2.59. The van der Waals surface area contributed by atoms with Gasteiger partial charge in [0.1, 0.15) is 0 Å². The third-order valence-electron chi connectivity index (χ3n) is 4.46. The van der Waals surface area contributed by atoms with Crippen molar-refractivity contribution < 1.29 is 4.74 Å². The number of nitrogens with zero attached hydrogens (tertiary/aromatic N) is 1. The minimum Gasteiger partial charge on any atom is -0.378 e. The van der Waals surface area contributed by atoms with E-state index in [1.807, 2.05) is 0 Å². The molecular formula is C18H30N2O. The molecule has 21 heavy (non-hydrogen) atoms. The molecule has 0 amide bonds. The summed E-state index contributed by atoms with van der Waals surface area (Å²) in [6, 6.07) is 11.6. The second-order valence-electron chi connectivity index (χ2n) is 6.64. The molecule has 1 aliphatic heterocycles. The number of rotatable bonds is 6. The molecule has 1 aliphatic rings. The number of benzene rings is 1. The molecule has 0 spiro atoms. The third kappa shape index (κ3) is 4.06. The summed E-state index contributed by atoms with van der Waals surface area (Å²) in [5, 5.41) is 3.74. The molecule has 0 aliphatic carbocycles. The van der Waals surface area contributed by atoms with E-state index in [-0.39, 0.29) is 5.54 Å².